The summed E-state index contributed by atoms with van der Waals surface area (Å²) >= 11 is 11.8. The Bertz CT molecular complexity index is 658. The summed E-state index contributed by atoms with van der Waals surface area (Å²) < 4.78 is 5.61. The molecule has 0 spiro atoms. The number of halogens is 2. The number of ether oxygens (including phenoxy) is 1. The van der Waals surface area contributed by atoms with Gasteiger partial charge in [-0.3, -0.25) is 4.79 Å². The van der Waals surface area contributed by atoms with Crippen molar-refractivity contribution in [2.45, 2.75) is 20.0 Å². The van der Waals surface area contributed by atoms with E-state index in [-0.39, 0.29) is 5.91 Å². The summed E-state index contributed by atoms with van der Waals surface area (Å²) in [5, 5.41) is 3.62. The number of aryl methyl sites for hydroxylation is 1. The van der Waals surface area contributed by atoms with Crippen LogP contribution in [0.15, 0.2) is 42.5 Å². The molecular weight excluding hydrogens is 309 g/mol. The number of carbonyl (C=O) groups excluding carboxylic acids is 1. The van der Waals surface area contributed by atoms with Crippen molar-refractivity contribution in [2.75, 3.05) is 5.32 Å². The third-order valence-corrected chi connectivity index (χ3v) is 3.41. The molecule has 0 aliphatic heterocycles. The Kier molecular flexibility index (Phi) is 5.10. The Morgan fingerprint density at radius 2 is 1.95 bits per heavy atom. The first kappa shape index (κ1) is 15.7. The highest BCUT2D eigenvalue weighted by atomic mass is 35.5. The maximum atomic E-state index is 12.1. The third kappa shape index (κ3) is 4.38. The van der Waals surface area contributed by atoms with E-state index in [1.165, 1.54) is 0 Å². The van der Waals surface area contributed by atoms with Crippen LogP contribution in [-0.2, 0) is 4.79 Å². The highest BCUT2D eigenvalue weighted by Crippen LogP contribution is 2.25. The monoisotopic (exact) mass is 323 g/mol. The zero-order chi connectivity index (χ0) is 15.4. The smallest absolute Gasteiger partial charge is 0.265 e. The zero-order valence-corrected chi connectivity index (χ0v) is 13.2. The summed E-state index contributed by atoms with van der Waals surface area (Å²) in [7, 11) is 0. The van der Waals surface area contributed by atoms with Crippen LogP contribution in [0, 0.1) is 6.92 Å². The molecule has 2 aromatic carbocycles. The SMILES string of the molecule is Cc1cccc(O[C@H](C)C(=O)Nc2ccc(Cl)cc2Cl)c1. The molecule has 0 aromatic heterocycles. The van der Waals surface area contributed by atoms with E-state index in [1.807, 2.05) is 31.2 Å². The van der Waals surface area contributed by atoms with E-state index < -0.39 is 6.10 Å². The van der Waals surface area contributed by atoms with Crippen molar-refractivity contribution in [3.05, 3.63) is 58.1 Å². The van der Waals surface area contributed by atoms with Crippen LogP contribution < -0.4 is 10.1 Å². The predicted molar refractivity (Wildman–Crippen MR) is 86.4 cm³/mol. The van der Waals surface area contributed by atoms with Crippen molar-refractivity contribution in [3.8, 4) is 5.75 Å². The molecule has 0 bridgehead atoms. The van der Waals surface area contributed by atoms with Gasteiger partial charge in [0.05, 0.1) is 10.7 Å². The summed E-state index contributed by atoms with van der Waals surface area (Å²) in [4.78, 5) is 12.1. The summed E-state index contributed by atoms with van der Waals surface area (Å²) in [5.74, 6) is 0.376. The summed E-state index contributed by atoms with van der Waals surface area (Å²) in [6, 6.07) is 12.4. The molecule has 0 saturated carbocycles. The minimum absolute atomic E-state index is 0.277. The van der Waals surface area contributed by atoms with Gasteiger partial charge in [0, 0.05) is 5.02 Å². The maximum absolute atomic E-state index is 12.1. The first-order valence-corrected chi connectivity index (χ1v) is 7.20. The average Bonchev–Trinajstić information content (AvgIpc) is 2.41. The van der Waals surface area contributed by atoms with Gasteiger partial charge < -0.3 is 10.1 Å². The van der Waals surface area contributed by atoms with E-state index in [9.17, 15) is 4.79 Å². The summed E-state index contributed by atoms with van der Waals surface area (Å²) in [6.07, 6.45) is -0.640. The molecule has 0 aliphatic carbocycles. The molecule has 1 N–H and O–H groups in total. The molecule has 0 unspecified atom stereocenters. The van der Waals surface area contributed by atoms with Gasteiger partial charge in [0.15, 0.2) is 6.10 Å². The Morgan fingerprint density at radius 3 is 2.62 bits per heavy atom. The molecule has 0 heterocycles. The van der Waals surface area contributed by atoms with E-state index in [1.54, 1.807) is 25.1 Å². The quantitative estimate of drug-likeness (QED) is 0.885. The molecule has 2 aromatic rings. The maximum Gasteiger partial charge on any atom is 0.265 e. The van der Waals surface area contributed by atoms with Gasteiger partial charge >= 0.3 is 0 Å². The number of hydrogen-bond acceptors (Lipinski definition) is 2. The zero-order valence-electron chi connectivity index (χ0n) is 11.7. The lowest BCUT2D eigenvalue weighted by Gasteiger charge is -2.15. The van der Waals surface area contributed by atoms with Gasteiger partial charge in [-0.1, -0.05) is 35.3 Å². The van der Waals surface area contributed by atoms with E-state index in [0.717, 1.165) is 5.56 Å². The van der Waals surface area contributed by atoms with Gasteiger partial charge in [-0.2, -0.15) is 0 Å². The number of nitrogens with one attached hydrogen (secondary N) is 1. The van der Waals surface area contributed by atoms with Crippen molar-refractivity contribution in [1.29, 1.82) is 0 Å². The topological polar surface area (TPSA) is 38.3 Å². The molecule has 0 saturated heterocycles. The van der Waals surface area contributed by atoms with Gasteiger partial charge in [-0.25, -0.2) is 0 Å². The Hall–Kier alpha value is -1.71. The standard InChI is InChI=1S/C16H15Cl2NO2/c1-10-4-3-5-13(8-10)21-11(2)16(20)19-15-7-6-12(17)9-14(15)18/h3-9,11H,1-2H3,(H,19,20)/t11-/m1/s1. The second kappa shape index (κ2) is 6.83. The number of hydrogen-bond donors (Lipinski definition) is 1. The molecule has 0 radical (unpaired) electrons. The number of carbonyl (C=O) groups is 1. The number of amides is 1. The van der Waals surface area contributed by atoms with Gasteiger partial charge in [-0.05, 0) is 49.7 Å². The molecule has 0 fully saturated rings. The third-order valence-electron chi connectivity index (χ3n) is 2.86. The van der Waals surface area contributed by atoms with Crippen LogP contribution in [0.5, 0.6) is 5.75 Å². The minimum Gasteiger partial charge on any atom is -0.481 e. The number of rotatable bonds is 4. The largest absolute Gasteiger partial charge is 0.481 e. The van der Waals surface area contributed by atoms with E-state index in [2.05, 4.69) is 5.32 Å². The lowest BCUT2D eigenvalue weighted by Crippen LogP contribution is -2.30. The van der Waals surface area contributed by atoms with Crippen LogP contribution in [0.25, 0.3) is 0 Å². The summed E-state index contributed by atoms with van der Waals surface area (Å²) in [6.45, 7) is 3.65. The molecule has 5 heteroatoms. The van der Waals surface area contributed by atoms with Crippen LogP contribution in [0.1, 0.15) is 12.5 Å². The van der Waals surface area contributed by atoms with Crippen LogP contribution in [-0.4, -0.2) is 12.0 Å². The average molecular weight is 324 g/mol. The van der Waals surface area contributed by atoms with Crippen LogP contribution in [0.4, 0.5) is 5.69 Å². The molecular formula is C16H15Cl2NO2. The van der Waals surface area contributed by atoms with E-state index in [0.29, 0.717) is 21.5 Å². The lowest BCUT2D eigenvalue weighted by molar-refractivity contribution is -0.122. The van der Waals surface area contributed by atoms with Crippen molar-refractivity contribution in [3.63, 3.8) is 0 Å². The van der Waals surface area contributed by atoms with Crippen molar-refractivity contribution < 1.29 is 9.53 Å². The second-order valence-corrected chi connectivity index (χ2v) is 5.53. The molecule has 110 valence electrons. The van der Waals surface area contributed by atoms with Gasteiger partial charge in [0.2, 0.25) is 0 Å². The molecule has 2 rings (SSSR count). The van der Waals surface area contributed by atoms with Gasteiger partial charge in [0.25, 0.3) is 5.91 Å². The van der Waals surface area contributed by atoms with E-state index in [4.69, 9.17) is 27.9 Å². The van der Waals surface area contributed by atoms with Crippen molar-refractivity contribution >= 4 is 34.8 Å². The first-order valence-electron chi connectivity index (χ1n) is 6.45. The minimum atomic E-state index is -0.640. The fourth-order valence-electron chi connectivity index (χ4n) is 1.77. The van der Waals surface area contributed by atoms with Gasteiger partial charge in [0.1, 0.15) is 5.75 Å². The molecule has 0 aliphatic rings. The second-order valence-electron chi connectivity index (χ2n) is 4.69. The lowest BCUT2D eigenvalue weighted by atomic mass is 10.2. The first-order chi connectivity index (χ1) is 9.95. The fourth-order valence-corrected chi connectivity index (χ4v) is 2.23. The van der Waals surface area contributed by atoms with Crippen molar-refractivity contribution in [1.82, 2.24) is 0 Å². The number of benzene rings is 2. The molecule has 1 atom stereocenters. The fraction of sp³-hybridized carbons (Fsp3) is 0.188. The van der Waals surface area contributed by atoms with Crippen LogP contribution in [0.2, 0.25) is 10.0 Å². The number of anilines is 1. The van der Waals surface area contributed by atoms with E-state index >= 15 is 0 Å². The Labute approximate surface area is 133 Å². The predicted octanol–water partition coefficient (Wildman–Crippen LogP) is 4.71. The Balaban J connectivity index is 2.02. The van der Waals surface area contributed by atoms with Crippen LogP contribution in [0.3, 0.4) is 0 Å². The molecule has 3 nitrogen and oxygen atoms in total. The molecule has 21 heavy (non-hydrogen) atoms. The highest BCUT2D eigenvalue weighted by molar-refractivity contribution is 6.36. The van der Waals surface area contributed by atoms with Crippen LogP contribution >= 0.6 is 23.2 Å². The Morgan fingerprint density at radius 1 is 1.19 bits per heavy atom. The summed E-state index contributed by atoms with van der Waals surface area (Å²) in [5.41, 5.74) is 1.58. The molecule has 1 amide bonds. The highest BCUT2D eigenvalue weighted by Gasteiger charge is 2.16. The van der Waals surface area contributed by atoms with Gasteiger partial charge in [-0.15, -0.1) is 0 Å². The normalized spacial score (nSPS) is 11.8. The van der Waals surface area contributed by atoms with Crippen molar-refractivity contribution in [2.24, 2.45) is 0 Å².